The van der Waals surface area contributed by atoms with Crippen molar-refractivity contribution >= 4 is 5.91 Å². The van der Waals surface area contributed by atoms with Crippen LogP contribution >= 0.6 is 0 Å². The van der Waals surface area contributed by atoms with Gasteiger partial charge in [-0.1, -0.05) is 19.9 Å². The van der Waals surface area contributed by atoms with E-state index in [2.05, 4.69) is 18.8 Å². The number of benzene rings is 1. The smallest absolute Gasteiger partial charge is 0.255 e. The van der Waals surface area contributed by atoms with E-state index in [1.165, 1.54) is 0 Å². The molecule has 5 nitrogen and oxygen atoms in total. The molecule has 0 spiro atoms. The van der Waals surface area contributed by atoms with Gasteiger partial charge in [0.2, 0.25) is 0 Å². The third kappa shape index (κ3) is 5.46. The monoisotopic (exact) mass is 370 g/mol. The predicted molar refractivity (Wildman–Crippen MR) is 108 cm³/mol. The van der Waals surface area contributed by atoms with Gasteiger partial charge in [-0.25, -0.2) is 0 Å². The molecule has 0 aliphatic heterocycles. The zero-order valence-corrected chi connectivity index (χ0v) is 17.0. The molecule has 0 aliphatic rings. The summed E-state index contributed by atoms with van der Waals surface area (Å²) < 4.78 is 11.2. The topological polar surface area (TPSA) is 51.7 Å². The van der Waals surface area contributed by atoms with Crippen molar-refractivity contribution in [3.8, 4) is 11.5 Å². The van der Waals surface area contributed by atoms with E-state index >= 15 is 0 Å². The minimum absolute atomic E-state index is 0.00660. The van der Waals surface area contributed by atoms with Crippen LogP contribution in [-0.4, -0.2) is 36.1 Å². The van der Waals surface area contributed by atoms with Crippen molar-refractivity contribution in [3.05, 3.63) is 52.8 Å². The lowest BCUT2D eigenvalue weighted by atomic mass is 10.1. The van der Waals surface area contributed by atoms with Gasteiger partial charge in [0.05, 0.1) is 25.0 Å². The van der Waals surface area contributed by atoms with Gasteiger partial charge in [0, 0.05) is 18.8 Å². The van der Waals surface area contributed by atoms with E-state index in [9.17, 15) is 4.79 Å². The Morgan fingerprint density at radius 1 is 1.07 bits per heavy atom. The maximum absolute atomic E-state index is 13.1. The Hall–Kier alpha value is -2.56. The molecule has 0 saturated carbocycles. The van der Waals surface area contributed by atoms with Crippen LogP contribution in [0.15, 0.2) is 30.3 Å². The molecule has 1 heterocycles. The summed E-state index contributed by atoms with van der Waals surface area (Å²) in [7, 11) is 1.63. The van der Waals surface area contributed by atoms with E-state index in [0.717, 1.165) is 35.5 Å². The van der Waals surface area contributed by atoms with E-state index in [-0.39, 0.29) is 5.91 Å². The number of hydrogen-bond donors (Lipinski definition) is 0. The summed E-state index contributed by atoms with van der Waals surface area (Å²) >= 11 is 0. The zero-order valence-electron chi connectivity index (χ0n) is 17.0. The van der Waals surface area contributed by atoms with Gasteiger partial charge in [-0.05, 0) is 56.5 Å². The van der Waals surface area contributed by atoms with Crippen LogP contribution in [-0.2, 0) is 6.54 Å². The summed E-state index contributed by atoms with van der Waals surface area (Å²) in [4.78, 5) is 19.4. The van der Waals surface area contributed by atoms with Gasteiger partial charge in [-0.15, -0.1) is 0 Å². The second-order valence-electron chi connectivity index (χ2n) is 6.65. The third-order valence-corrected chi connectivity index (χ3v) is 4.30. The Morgan fingerprint density at radius 2 is 1.85 bits per heavy atom. The molecule has 0 aliphatic carbocycles. The van der Waals surface area contributed by atoms with Crippen LogP contribution < -0.4 is 9.47 Å². The number of aryl methyl sites for hydroxylation is 2. The maximum Gasteiger partial charge on any atom is 0.255 e. The Bertz CT molecular complexity index is 774. The average molecular weight is 370 g/mol. The molecule has 0 saturated heterocycles. The largest absolute Gasteiger partial charge is 0.493 e. The minimum Gasteiger partial charge on any atom is -0.493 e. The summed E-state index contributed by atoms with van der Waals surface area (Å²) in [5.74, 6) is 1.43. The molecule has 27 heavy (non-hydrogen) atoms. The first-order valence-corrected chi connectivity index (χ1v) is 9.53. The first-order valence-electron chi connectivity index (χ1n) is 9.53. The summed E-state index contributed by atoms with van der Waals surface area (Å²) in [5.41, 5.74) is 3.35. The Labute approximate surface area is 162 Å². The highest BCUT2D eigenvalue weighted by Crippen LogP contribution is 2.29. The van der Waals surface area contributed by atoms with Crippen LogP contribution in [0.1, 0.15) is 54.0 Å². The molecule has 0 unspecified atom stereocenters. The van der Waals surface area contributed by atoms with Crippen molar-refractivity contribution in [3.63, 3.8) is 0 Å². The molecule has 1 aromatic heterocycles. The van der Waals surface area contributed by atoms with Gasteiger partial charge >= 0.3 is 0 Å². The van der Waals surface area contributed by atoms with Crippen LogP contribution in [0.2, 0.25) is 0 Å². The Morgan fingerprint density at radius 3 is 2.48 bits per heavy atom. The standard InChI is InChI=1S/C22H30N2O3/c1-6-12-24(22(25)19-10-8-16(3)23-17(19)4)15-18-9-11-20(27-13-7-2)21(14-18)26-5/h8-11,14H,6-7,12-13,15H2,1-5H3. The van der Waals surface area contributed by atoms with Crippen LogP contribution in [0, 0.1) is 13.8 Å². The number of hydrogen-bond acceptors (Lipinski definition) is 4. The number of rotatable bonds is 9. The lowest BCUT2D eigenvalue weighted by Gasteiger charge is -2.23. The lowest BCUT2D eigenvalue weighted by molar-refractivity contribution is 0.0741. The third-order valence-electron chi connectivity index (χ3n) is 4.30. The lowest BCUT2D eigenvalue weighted by Crippen LogP contribution is -2.32. The van der Waals surface area contributed by atoms with Crippen LogP contribution in [0.25, 0.3) is 0 Å². The highest BCUT2D eigenvalue weighted by molar-refractivity contribution is 5.95. The van der Waals surface area contributed by atoms with Crippen LogP contribution in [0.4, 0.5) is 0 Å². The van der Waals surface area contributed by atoms with Gasteiger partial charge in [-0.3, -0.25) is 9.78 Å². The first kappa shape index (κ1) is 20.7. The molecule has 5 heteroatoms. The van der Waals surface area contributed by atoms with E-state index in [4.69, 9.17) is 9.47 Å². The molecule has 1 aromatic carbocycles. The fourth-order valence-electron chi connectivity index (χ4n) is 2.97. The van der Waals surface area contributed by atoms with Crippen molar-refractivity contribution in [2.24, 2.45) is 0 Å². The Kier molecular flexibility index (Phi) is 7.65. The molecular formula is C22H30N2O3. The second kappa shape index (κ2) is 9.95. The molecule has 2 rings (SSSR count). The van der Waals surface area contributed by atoms with E-state index < -0.39 is 0 Å². The van der Waals surface area contributed by atoms with Crippen molar-refractivity contribution in [2.75, 3.05) is 20.3 Å². The molecule has 0 N–H and O–H groups in total. The first-order chi connectivity index (χ1) is 13.0. The number of ether oxygens (including phenoxy) is 2. The van der Waals surface area contributed by atoms with E-state index in [0.29, 0.717) is 31.0 Å². The zero-order chi connectivity index (χ0) is 19.8. The van der Waals surface area contributed by atoms with E-state index in [1.807, 2.05) is 49.1 Å². The molecule has 0 atom stereocenters. The Balaban J connectivity index is 2.23. The highest BCUT2D eigenvalue weighted by atomic mass is 16.5. The molecule has 0 bridgehead atoms. The summed E-state index contributed by atoms with van der Waals surface area (Å²) in [6, 6.07) is 9.60. The van der Waals surface area contributed by atoms with Gasteiger partial charge in [0.15, 0.2) is 11.5 Å². The average Bonchev–Trinajstić information content (AvgIpc) is 2.66. The van der Waals surface area contributed by atoms with E-state index in [1.54, 1.807) is 7.11 Å². The van der Waals surface area contributed by atoms with Crippen LogP contribution in [0.3, 0.4) is 0 Å². The number of carbonyl (C=O) groups excluding carboxylic acids is 1. The van der Waals surface area contributed by atoms with Crippen molar-refractivity contribution in [2.45, 2.75) is 47.1 Å². The van der Waals surface area contributed by atoms with Gasteiger partial charge in [-0.2, -0.15) is 0 Å². The molecule has 1 amide bonds. The second-order valence-corrected chi connectivity index (χ2v) is 6.65. The quantitative estimate of drug-likeness (QED) is 0.650. The number of methoxy groups -OCH3 is 1. The highest BCUT2D eigenvalue weighted by Gasteiger charge is 2.19. The van der Waals surface area contributed by atoms with Crippen molar-refractivity contribution in [1.82, 2.24) is 9.88 Å². The van der Waals surface area contributed by atoms with Crippen LogP contribution in [0.5, 0.6) is 11.5 Å². The maximum atomic E-state index is 13.1. The predicted octanol–water partition coefficient (Wildman–Crippen LogP) is 4.55. The molecule has 0 radical (unpaired) electrons. The number of carbonyl (C=O) groups is 1. The molecular weight excluding hydrogens is 340 g/mol. The summed E-state index contributed by atoms with van der Waals surface area (Å²) in [6.45, 7) is 9.80. The van der Waals surface area contributed by atoms with Gasteiger partial charge in [0.25, 0.3) is 5.91 Å². The van der Waals surface area contributed by atoms with Crippen molar-refractivity contribution < 1.29 is 14.3 Å². The minimum atomic E-state index is 0.00660. The fraction of sp³-hybridized carbons (Fsp3) is 0.455. The van der Waals surface area contributed by atoms with Crippen molar-refractivity contribution in [1.29, 1.82) is 0 Å². The van der Waals surface area contributed by atoms with Gasteiger partial charge in [0.1, 0.15) is 0 Å². The van der Waals surface area contributed by atoms with Gasteiger partial charge < -0.3 is 14.4 Å². The molecule has 146 valence electrons. The normalized spacial score (nSPS) is 10.6. The molecule has 0 fully saturated rings. The fourth-order valence-corrected chi connectivity index (χ4v) is 2.97. The number of aromatic nitrogens is 1. The SMILES string of the molecule is CCCOc1ccc(CN(CCC)C(=O)c2ccc(C)nc2C)cc1OC. The summed E-state index contributed by atoms with van der Waals surface area (Å²) in [6.07, 6.45) is 1.83. The number of amides is 1. The number of pyridine rings is 1. The summed E-state index contributed by atoms with van der Waals surface area (Å²) in [5, 5.41) is 0. The number of nitrogens with zero attached hydrogens (tertiary/aromatic N) is 2. The molecule has 2 aromatic rings.